The van der Waals surface area contributed by atoms with Crippen molar-refractivity contribution in [3.05, 3.63) is 87.6 Å². The highest BCUT2D eigenvalue weighted by molar-refractivity contribution is 7.89. The number of carbonyl (C=O) groups excluding carboxylic acids is 1. The molecule has 0 radical (unpaired) electrons. The molecule has 0 fully saturated rings. The van der Waals surface area contributed by atoms with Crippen molar-refractivity contribution in [3.8, 4) is 0 Å². The van der Waals surface area contributed by atoms with Crippen molar-refractivity contribution in [2.24, 2.45) is 0 Å². The van der Waals surface area contributed by atoms with Gasteiger partial charge in [-0.15, -0.1) is 11.3 Å². The van der Waals surface area contributed by atoms with Crippen molar-refractivity contribution >= 4 is 27.3 Å². The molecule has 1 amide bonds. The zero-order valence-corrected chi connectivity index (χ0v) is 16.8. The van der Waals surface area contributed by atoms with Gasteiger partial charge in [0.25, 0.3) is 5.91 Å². The van der Waals surface area contributed by atoms with Crippen LogP contribution in [0, 0.1) is 11.6 Å². The summed E-state index contributed by atoms with van der Waals surface area (Å²) in [6.07, 6.45) is 0.179. The monoisotopic (exact) mass is 436 g/mol. The van der Waals surface area contributed by atoms with E-state index < -0.39 is 27.6 Å². The Balaban J connectivity index is 1.61. The maximum Gasteiger partial charge on any atom is 0.251 e. The first-order valence-corrected chi connectivity index (χ1v) is 11.1. The van der Waals surface area contributed by atoms with E-state index in [0.29, 0.717) is 0 Å². The topological polar surface area (TPSA) is 75.3 Å². The van der Waals surface area contributed by atoms with E-state index in [1.165, 1.54) is 41.7 Å². The summed E-state index contributed by atoms with van der Waals surface area (Å²) in [5.41, 5.74) is 0.449. The lowest BCUT2D eigenvalue weighted by Crippen LogP contribution is -2.27. The van der Waals surface area contributed by atoms with E-state index in [1.54, 1.807) is 0 Å². The molecule has 5 nitrogen and oxygen atoms in total. The molecule has 0 unspecified atom stereocenters. The Labute approximate surface area is 171 Å². The smallest absolute Gasteiger partial charge is 0.251 e. The fraction of sp³-hybridized carbons (Fsp3) is 0.150. The van der Waals surface area contributed by atoms with E-state index >= 15 is 0 Å². The quantitative estimate of drug-likeness (QED) is 0.568. The first-order valence-electron chi connectivity index (χ1n) is 8.69. The zero-order valence-electron chi connectivity index (χ0n) is 15.2. The Morgan fingerprint density at radius 2 is 1.86 bits per heavy atom. The van der Waals surface area contributed by atoms with E-state index in [1.807, 2.05) is 17.5 Å². The van der Waals surface area contributed by atoms with Gasteiger partial charge in [0, 0.05) is 29.6 Å². The molecule has 2 aromatic carbocycles. The first kappa shape index (κ1) is 21.1. The molecule has 1 aromatic heterocycles. The van der Waals surface area contributed by atoms with Gasteiger partial charge in [-0.25, -0.2) is 21.9 Å². The molecule has 0 aliphatic carbocycles. The van der Waals surface area contributed by atoms with Gasteiger partial charge in [-0.2, -0.15) is 0 Å². The molecule has 0 aliphatic rings. The fourth-order valence-corrected chi connectivity index (χ4v) is 4.39. The number of sulfonamides is 1. The van der Waals surface area contributed by atoms with E-state index in [9.17, 15) is 22.0 Å². The van der Waals surface area contributed by atoms with Gasteiger partial charge in [0.05, 0.1) is 4.90 Å². The van der Waals surface area contributed by atoms with Crippen LogP contribution in [-0.4, -0.2) is 20.9 Å². The van der Waals surface area contributed by atoms with Crippen LogP contribution < -0.4 is 10.0 Å². The second kappa shape index (κ2) is 9.25. The van der Waals surface area contributed by atoms with Crippen molar-refractivity contribution in [2.75, 3.05) is 6.54 Å². The van der Waals surface area contributed by atoms with Crippen molar-refractivity contribution in [1.29, 1.82) is 0 Å². The number of benzene rings is 2. The molecule has 9 heteroatoms. The lowest BCUT2D eigenvalue weighted by molar-refractivity contribution is 0.0954. The van der Waals surface area contributed by atoms with Crippen molar-refractivity contribution in [3.63, 3.8) is 0 Å². The Morgan fingerprint density at radius 1 is 1.03 bits per heavy atom. The lowest BCUT2D eigenvalue weighted by atomic mass is 10.1. The highest BCUT2D eigenvalue weighted by Crippen LogP contribution is 2.14. The van der Waals surface area contributed by atoms with Crippen molar-refractivity contribution < 1.29 is 22.0 Å². The molecule has 0 aliphatic heterocycles. The number of hydrogen-bond donors (Lipinski definition) is 2. The van der Waals surface area contributed by atoms with Gasteiger partial charge in [0.15, 0.2) is 0 Å². The summed E-state index contributed by atoms with van der Waals surface area (Å²) in [5, 5.41) is 4.46. The molecular weight excluding hydrogens is 418 g/mol. The minimum Gasteiger partial charge on any atom is -0.352 e. The number of halogens is 2. The number of rotatable bonds is 8. The first-order chi connectivity index (χ1) is 13.8. The second-order valence-corrected chi connectivity index (χ2v) is 8.97. The van der Waals surface area contributed by atoms with Crippen LogP contribution in [0.2, 0.25) is 0 Å². The van der Waals surface area contributed by atoms with Crippen LogP contribution in [0.15, 0.2) is 64.9 Å². The van der Waals surface area contributed by atoms with E-state index in [0.717, 1.165) is 17.0 Å². The van der Waals surface area contributed by atoms with Gasteiger partial charge in [0.1, 0.15) is 11.6 Å². The number of thiophene rings is 1. The zero-order chi connectivity index (χ0) is 20.9. The van der Waals surface area contributed by atoms with E-state index in [2.05, 4.69) is 10.0 Å². The molecule has 3 rings (SSSR count). The molecule has 2 N–H and O–H groups in total. The van der Waals surface area contributed by atoms with Gasteiger partial charge < -0.3 is 5.32 Å². The van der Waals surface area contributed by atoms with Crippen LogP contribution in [0.25, 0.3) is 0 Å². The van der Waals surface area contributed by atoms with Crippen molar-refractivity contribution in [1.82, 2.24) is 10.0 Å². The SMILES string of the molecule is O=C(NCCc1ccc(F)cc1F)c1cccc(S(=O)(=O)NCc2cccs2)c1. The molecule has 1 heterocycles. The van der Waals surface area contributed by atoms with Gasteiger partial charge in [-0.1, -0.05) is 18.2 Å². The normalized spacial score (nSPS) is 11.4. The molecule has 0 atom stereocenters. The predicted octanol–water partition coefficient (Wildman–Crippen LogP) is 3.48. The van der Waals surface area contributed by atoms with Crippen LogP contribution >= 0.6 is 11.3 Å². The fourth-order valence-electron chi connectivity index (χ4n) is 2.60. The predicted molar refractivity (Wildman–Crippen MR) is 107 cm³/mol. The third-order valence-corrected chi connectivity index (χ3v) is 6.39. The molecular formula is C20H18F2N2O3S2. The Bertz CT molecular complexity index is 1100. The summed E-state index contributed by atoms with van der Waals surface area (Å²) in [6, 6.07) is 12.6. The Morgan fingerprint density at radius 3 is 2.59 bits per heavy atom. The number of amides is 1. The summed E-state index contributed by atoms with van der Waals surface area (Å²) in [5.74, 6) is -1.83. The number of carbonyl (C=O) groups is 1. The molecule has 3 aromatic rings. The third-order valence-electron chi connectivity index (χ3n) is 4.12. The summed E-state index contributed by atoms with van der Waals surface area (Å²) < 4.78 is 54.0. The van der Waals surface area contributed by atoms with Gasteiger partial charge in [-0.05, 0) is 47.7 Å². The van der Waals surface area contributed by atoms with Crippen molar-refractivity contribution in [2.45, 2.75) is 17.9 Å². The largest absolute Gasteiger partial charge is 0.352 e. The molecule has 152 valence electrons. The minimum atomic E-state index is -3.77. The third kappa shape index (κ3) is 5.69. The van der Waals surface area contributed by atoms with Gasteiger partial charge >= 0.3 is 0 Å². The maximum absolute atomic E-state index is 13.6. The maximum atomic E-state index is 13.6. The average molecular weight is 437 g/mol. The summed E-state index contributed by atoms with van der Waals surface area (Å²) in [4.78, 5) is 13.2. The molecule has 0 bridgehead atoms. The van der Waals surface area contributed by atoms with Crippen LogP contribution in [0.1, 0.15) is 20.8 Å². The highest BCUT2D eigenvalue weighted by Gasteiger charge is 2.16. The number of hydrogen-bond acceptors (Lipinski definition) is 4. The summed E-state index contributed by atoms with van der Waals surface area (Å²) >= 11 is 1.44. The molecule has 0 saturated heterocycles. The molecule has 0 spiro atoms. The van der Waals surface area contributed by atoms with Crippen LogP contribution in [0.5, 0.6) is 0 Å². The number of nitrogens with one attached hydrogen (secondary N) is 2. The Kier molecular flexibility index (Phi) is 6.73. The summed E-state index contributed by atoms with van der Waals surface area (Å²) in [7, 11) is -3.77. The van der Waals surface area contributed by atoms with E-state index in [-0.39, 0.29) is 35.5 Å². The Hall–Kier alpha value is -2.62. The van der Waals surface area contributed by atoms with E-state index in [4.69, 9.17) is 0 Å². The van der Waals surface area contributed by atoms with Gasteiger partial charge in [-0.3, -0.25) is 4.79 Å². The summed E-state index contributed by atoms with van der Waals surface area (Å²) in [6.45, 7) is 0.286. The second-order valence-electron chi connectivity index (χ2n) is 6.17. The van der Waals surface area contributed by atoms with Crippen LogP contribution in [0.4, 0.5) is 8.78 Å². The van der Waals surface area contributed by atoms with Gasteiger partial charge in [0.2, 0.25) is 10.0 Å². The molecule has 0 saturated carbocycles. The molecule has 29 heavy (non-hydrogen) atoms. The lowest BCUT2D eigenvalue weighted by Gasteiger charge is -2.09. The van der Waals surface area contributed by atoms with Crippen LogP contribution in [0.3, 0.4) is 0 Å². The van der Waals surface area contributed by atoms with Crippen LogP contribution in [-0.2, 0) is 23.0 Å². The minimum absolute atomic E-state index is 0.0220. The standard InChI is InChI=1S/C20H18F2N2O3S2/c21-16-7-6-14(19(22)12-16)8-9-23-20(25)15-3-1-5-18(11-15)29(26,27)24-13-17-4-2-10-28-17/h1-7,10-12,24H,8-9,13H2,(H,23,25). The average Bonchev–Trinajstić information content (AvgIpc) is 3.22. The highest BCUT2D eigenvalue weighted by atomic mass is 32.2.